The fourth-order valence-corrected chi connectivity index (χ4v) is 3.50. The Morgan fingerprint density at radius 1 is 0.969 bits per heavy atom. The molecule has 0 radical (unpaired) electrons. The number of esters is 1. The predicted molar refractivity (Wildman–Crippen MR) is 120 cm³/mol. The molecule has 1 heterocycles. The van der Waals surface area contributed by atoms with Crippen LogP contribution in [0.5, 0.6) is 23.0 Å². The Hall–Kier alpha value is -3.48. The van der Waals surface area contributed by atoms with Gasteiger partial charge in [-0.05, 0) is 48.0 Å². The molecule has 6 nitrogen and oxygen atoms in total. The van der Waals surface area contributed by atoms with E-state index in [-0.39, 0.29) is 28.6 Å². The average molecular weight is 471 g/mol. The summed E-state index contributed by atoms with van der Waals surface area (Å²) >= 11 is 12.2. The van der Waals surface area contributed by atoms with Crippen molar-refractivity contribution in [2.45, 2.75) is 0 Å². The van der Waals surface area contributed by atoms with E-state index < -0.39 is 5.97 Å². The van der Waals surface area contributed by atoms with Gasteiger partial charge in [0, 0.05) is 6.07 Å². The summed E-state index contributed by atoms with van der Waals surface area (Å²) < 4.78 is 21.5. The Morgan fingerprint density at radius 3 is 2.50 bits per heavy atom. The lowest BCUT2D eigenvalue weighted by Gasteiger charge is -2.10. The number of fused-ring (bicyclic) bond motifs is 1. The first kappa shape index (κ1) is 21.7. The zero-order valence-corrected chi connectivity index (χ0v) is 18.5. The Balaban J connectivity index is 1.56. The SMILES string of the molecule is COc1ccc(C(=O)Oc2ccc3c(c2)O/C(=C\c2cccc(Cl)c2Cl)C3=O)cc1OC. The molecule has 0 aliphatic carbocycles. The standard InChI is InChI=1S/C24H16Cl2O6/c1-29-18-9-6-14(11-20(18)30-2)24(28)31-15-7-8-16-19(12-15)32-21(23(16)27)10-13-4-3-5-17(25)22(13)26/h3-12H,1-2H3/b21-10-. The van der Waals surface area contributed by atoms with Crippen molar-refractivity contribution in [2.75, 3.05) is 14.2 Å². The van der Waals surface area contributed by atoms with Crippen LogP contribution in [-0.4, -0.2) is 26.0 Å². The first-order valence-electron chi connectivity index (χ1n) is 9.37. The first-order valence-corrected chi connectivity index (χ1v) is 10.1. The zero-order valence-electron chi connectivity index (χ0n) is 17.0. The average Bonchev–Trinajstić information content (AvgIpc) is 3.10. The van der Waals surface area contributed by atoms with Gasteiger partial charge < -0.3 is 18.9 Å². The molecule has 3 aromatic carbocycles. The van der Waals surface area contributed by atoms with Crippen LogP contribution in [0, 0.1) is 0 Å². The van der Waals surface area contributed by atoms with Crippen LogP contribution in [0.3, 0.4) is 0 Å². The monoisotopic (exact) mass is 470 g/mol. The molecule has 1 aliphatic heterocycles. The minimum atomic E-state index is -0.600. The summed E-state index contributed by atoms with van der Waals surface area (Å²) in [4.78, 5) is 25.2. The van der Waals surface area contributed by atoms with E-state index >= 15 is 0 Å². The number of allylic oxidation sites excluding steroid dienone is 1. The fraction of sp³-hybridized carbons (Fsp3) is 0.0833. The van der Waals surface area contributed by atoms with Crippen LogP contribution in [0.1, 0.15) is 26.3 Å². The molecule has 0 saturated heterocycles. The van der Waals surface area contributed by atoms with Gasteiger partial charge >= 0.3 is 5.97 Å². The van der Waals surface area contributed by atoms with E-state index in [2.05, 4.69) is 0 Å². The fourth-order valence-electron chi connectivity index (χ4n) is 3.13. The van der Waals surface area contributed by atoms with Crippen molar-refractivity contribution < 1.29 is 28.5 Å². The molecule has 0 saturated carbocycles. The number of benzene rings is 3. The van der Waals surface area contributed by atoms with Crippen molar-refractivity contribution in [3.05, 3.63) is 87.1 Å². The molecule has 0 unspecified atom stereocenters. The van der Waals surface area contributed by atoms with Crippen LogP contribution in [-0.2, 0) is 0 Å². The van der Waals surface area contributed by atoms with Crippen molar-refractivity contribution in [1.29, 1.82) is 0 Å². The predicted octanol–water partition coefficient (Wildman–Crippen LogP) is 5.85. The van der Waals surface area contributed by atoms with E-state index in [1.807, 2.05) is 0 Å². The maximum Gasteiger partial charge on any atom is 0.343 e. The summed E-state index contributed by atoms with van der Waals surface area (Å²) in [6.07, 6.45) is 1.52. The third-order valence-electron chi connectivity index (χ3n) is 4.74. The molecule has 0 aromatic heterocycles. The van der Waals surface area contributed by atoms with Crippen molar-refractivity contribution in [1.82, 2.24) is 0 Å². The highest BCUT2D eigenvalue weighted by molar-refractivity contribution is 6.43. The van der Waals surface area contributed by atoms with Gasteiger partial charge in [-0.25, -0.2) is 4.79 Å². The number of hydrogen-bond acceptors (Lipinski definition) is 6. The van der Waals surface area contributed by atoms with Crippen LogP contribution in [0.2, 0.25) is 10.0 Å². The molecule has 3 aromatic rings. The van der Waals surface area contributed by atoms with Crippen LogP contribution in [0.15, 0.2) is 60.4 Å². The molecule has 32 heavy (non-hydrogen) atoms. The summed E-state index contributed by atoms with van der Waals surface area (Å²) in [5, 5.41) is 0.687. The third kappa shape index (κ3) is 4.15. The first-order chi connectivity index (χ1) is 15.4. The van der Waals surface area contributed by atoms with Gasteiger partial charge in [-0.3, -0.25) is 4.79 Å². The molecule has 162 valence electrons. The van der Waals surface area contributed by atoms with E-state index in [1.165, 1.54) is 44.6 Å². The molecule has 0 amide bonds. The van der Waals surface area contributed by atoms with Gasteiger partial charge in [0.05, 0.1) is 35.4 Å². The topological polar surface area (TPSA) is 71.1 Å². The lowest BCUT2D eigenvalue weighted by Crippen LogP contribution is -2.09. The number of methoxy groups -OCH3 is 2. The van der Waals surface area contributed by atoms with E-state index in [0.29, 0.717) is 32.7 Å². The number of rotatable bonds is 5. The van der Waals surface area contributed by atoms with E-state index in [9.17, 15) is 9.59 Å². The second-order valence-corrected chi connectivity index (χ2v) is 7.49. The van der Waals surface area contributed by atoms with E-state index in [4.69, 9.17) is 42.1 Å². The normalized spacial score (nSPS) is 13.5. The Bertz CT molecular complexity index is 1270. The molecule has 1 aliphatic rings. The molecule has 0 fully saturated rings. The van der Waals surface area contributed by atoms with Crippen LogP contribution in [0.4, 0.5) is 0 Å². The van der Waals surface area contributed by atoms with Crippen molar-refractivity contribution >= 4 is 41.0 Å². The number of ketones is 1. The number of halogens is 2. The van der Waals surface area contributed by atoms with Gasteiger partial charge in [0.15, 0.2) is 17.3 Å². The summed E-state index contributed by atoms with van der Waals surface area (Å²) in [7, 11) is 2.98. The molecule has 0 spiro atoms. The van der Waals surface area contributed by atoms with Crippen molar-refractivity contribution in [3.63, 3.8) is 0 Å². The summed E-state index contributed by atoms with van der Waals surface area (Å²) in [5.74, 6) is 0.570. The highest BCUT2D eigenvalue weighted by Gasteiger charge is 2.28. The number of carbonyl (C=O) groups is 2. The highest BCUT2D eigenvalue weighted by Crippen LogP contribution is 2.36. The van der Waals surface area contributed by atoms with Gasteiger partial charge in [0.25, 0.3) is 0 Å². The van der Waals surface area contributed by atoms with E-state index in [0.717, 1.165) is 0 Å². The Morgan fingerprint density at radius 2 is 1.75 bits per heavy atom. The second kappa shape index (κ2) is 8.94. The maximum absolute atomic E-state index is 12.7. The minimum Gasteiger partial charge on any atom is -0.493 e. The molecule has 0 atom stereocenters. The van der Waals surface area contributed by atoms with Crippen LogP contribution in [0.25, 0.3) is 6.08 Å². The molecule has 0 bridgehead atoms. The van der Waals surface area contributed by atoms with E-state index in [1.54, 1.807) is 30.3 Å². The molecule has 8 heteroatoms. The lowest BCUT2D eigenvalue weighted by molar-refractivity contribution is 0.0734. The van der Waals surface area contributed by atoms with Crippen LogP contribution >= 0.6 is 23.2 Å². The van der Waals surface area contributed by atoms with Gasteiger partial charge in [-0.15, -0.1) is 0 Å². The smallest absolute Gasteiger partial charge is 0.343 e. The van der Waals surface area contributed by atoms with Gasteiger partial charge in [0.1, 0.15) is 11.5 Å². The van der Waals surface area contributed by atoms with Crippen LogP contribution < -0.4 is 18.9 Å². The largest absolute Gasteiger partial charge is 0.493 e. The number of ether oxygens (including phenoxy) is 4. The number of Topliss-reactive ketones (excluding diaryl/α,β-unsaturated/α-hetero) is 1. The minimum absolute atomic E-state index is 0.0903. The van der Waals surface area contributed by atoms with Gasteiger partial charge in [-0.1, -0.05) is 35.3 Å². The quantitative estimate of drug-likeness (QED) is 0.264. The Labute approximate surface area is 193 Å². The lowest BCUT2D eigenvalue weighted by atomic mass is 10.1. The molecule has 0 N–H and O–H groups in total. The third-order valence-corrected chi connectivity index (χ3v) is 5.57. The molecular weight excluding hydrogens is 455 g/mol. The summed E-state index contributed by atoms with van der Waals surface area (Å²) in [6, 6.07) is 14.3. The maximum atomic E-state index is 12.7. The second-order valence-electron chi connectivity index (χ2n) is 6.70. The van der Waals surface area contributed by atoms with Gasteiger partial charge in [-0.2, -0.15) is 0 Å². The highest BCUT2D eigenvalue weighted by atomic mass is 35.5. The van der Waals surface area contributed by atoms with Crippen molar-refractivity contribution in [2.24, 2.45) is 0 Å². The number of hydrogen-bond donors (Lipinski definition) is 0. The number of carbonyl (C=O) groups excluding carboxylic acids is 2. The van der Waals surface area contributed by atoms with Gasteiger partial charge in [0.2, 0.25) is 5.78 Å². The summed E-state index contributed by atoms with van der Waals surface area (Å²) in [6.45, 7) is 0. The Kier molecular flexibility index (Phi) is 6.08. The zero-order chi connectivity index (χ0) is 22.8. The molecular formula is C24H16Cl2O6. The van der Waals surface area contributed by atoms with Crippen molar-refractivity contribution in [3.8, 4) is 23.0 Å². The molecule has 4 rings (SSSR count). The summed E-state index contributed by atoms with van der Waals surface area (Å²) in [5.41, 5.74) is 1.17.